The number of amides is 1. The summed E-state index contributed by atoms with van der Waals surface area (Å²) >= 11 is 0. The van der Waals surface area contributed by atoms with Gasteiger partial charge in [-0.15, -0.1) is 0 Å². The average Bonchev–Trinajstić information content (AvgIpc) is 2.32. The first-order valence-electron chi connectivity index (χ1n) is 5.78. The van der Waals surface area contributed by atoms with Crippen molar-refractivity contribution in [1.82, 2.24) is 10.2 Å². The van der Waals surface area contributed by atoms with E-state index in [2.05, 4.69) is 5.32 Å². The van der Waals surface area contributed by atoms with E-state index in [0.29, 0.717) is 6.54 Å². The normalized spacial score (nSPS) is 12.5. The van der Waals surface area contributed by atoms with Crippen molar-refractivity contribution in [3.05, 3.63) is 29.8 Å². The molecule has 1 rings (SSSR count). The number of phenolic OH excluding ortho intramolecular Hbond substituents is 1. The van der Waals surface area contributed by atoms with Gasteiger partial charge in [-0.25, -0.2) is 0 Å². The lowest BCUT2D eigenvalue weighted by Gasteiger charge is -2.27. The molecule has 4 heteroatoms. The molecular weight excluding hydrogens is 216 g/mol. The van der Waals surface area contributed by atoms with Crippen LogP contribution in [0.25, 0.3) is 0 Å². The molecule has 0 aromatic heterocycles. The second-order valence-electron chi connectivity index (χ2n) is 4.07. The van der Waals surface area contributed by atoms with E-state index in [1.807, 2.05) is 31.0 Å². The Balaban J connectivity index is 2.84. The lowest BCUT2D eigenvalue weighted by atomic mass is 10.0. The van der Waals surface area contributed by atoms with Gasteiger partial charge in [-0.3, -0.25) is 9.69 Å². The Morgan fingerprint density at radius 2 is 2.12 bits per heavy atom. The van der Waals surface area contributed by atoms with Crippen LogP contribution in [0.4, 0.5) is 0 Å². The van der Waals surface area contributed by atoms with Gasteiger partial charge in [-0.05, 0) is 19.5 Å². The predicted molar refractivity (Wildman–Crippen MR) is 67.8 cm³/mol. The summed E-state index contributed by atoms with van der Waals surface area (Å²) in [5.41, 5.74) is 0.862. The molecule has 0 aliphatic heterocycles. The summed E-state index contributed by atoms with van der Waals surface area (Å²) in [6.07, 6.45) is 0.838. The maximum atomic E-state index is 11.3. The van der Waals surface area contributed by atoms with Crippen LogP contribution in [0.1, 0.15) is 24.9 Å². The lowest BCUT2D eigenvalue weighted by molar-refractivity contribution is -0.122. The van der Waals surface area contributed by atoms with E-state index in [1.54, 1.807) is 19.2 Å². The van der Waals surface area contributed by atoms with Crippen LogP contribution >= 0.6 is 0 Å². The number of benzene rings is 1. The molecule has 0 bridgehead atoms. The summed E-state index contributed by atoms with van der Waals surface area (Å²) in [6.45, 7) is 2.36. The van der Waals surface area contributed by atoms with Gasteiger partial charge in [0.15, 0.2) is 0 Å². The van der Waals surface area contributed by atoms with E-state index in [1.165, 1.54) is 0 Å². The zero-order chi connectivity index (χ0) is 12.8. The van der Waals surface area contributed by atoms with Crippen LogP contribution in [0.15, 0.2) is 24.3 Å². The molecule has 94 valence electrons. The fourth-order valence-electron chi connectivity index (χ4n) is 1.95. The van der Waals surface area contributed by atoms with Crippen LogP contribution in [0.2, 0.25) is 0 Å². The Kier molecular flexibility index (Phi) is 4.97. The van der Waals surface area contributed by atoms with Crippen LogP contribution in [0, 0.1) is 0 Å². The predicted octanol–water partition coefficient (Wildman–Crippen LogP) is 1.52. The maximum Gasteiger partial charge on any atom is 0.233 e. The van der Waals surface area contributed by atoms with Crippen molar-refractivity contribution in [2.75, 3.05) is 20.6 Å². The number of carbonyl (C=O) groups excluding carboxylic acids is 1. The standard InChI is InChI=1S/C13H20N2O2/c1-4-11(15(3)9-13(17)14-2)10-7-5-6-8-12(10)16/h5-8,11,16H,4,9H2,1-3H3,(H,14,17). The fourth-order valence-corrected chi connectivity index (χ4v) is 1.95. The van der Waals surface area contributed by atoms with Crippen molar-refractivity contribution in [3.8, 4) is 5.75 Å². The SMILES string of the molecule is CCC(c1ccccc1O)N(C)CC(=O)NC. The van der Waals surface area contributed by atoms with Crippen molar-refractivity contribution >= 4 is 5.91 Å². The van der Waals surface area contributed by atoms with Crippen LogP contribution in [0.5, 0.6) is 5.75 Å². The summed E-state index contributed by atoms with van der Waals surface area (Å²) in [4.78, 5) is 13.3. The van der Waals surface area contributed by atoms with Crippen molar-refractivity contribution in [2.24, 2.45) is 0 Å². The maximum absolute atomic E-state index is 11.3. The zero-order valence-electron chi connectivity index (χ0n) is 10.6. The third-order valence-electron chi connectivity index (χ3n) is 2.89. The summed E-state index contributed by atoms with van der Waals surface area (Å²) < 4.78 is 0. The molecule has 1 unspecified atom stereocenters. The van der Waals surface area contributed by atoms with Gasteiger partial charge >= 0.3 is 0 Å². The molecule has 1 aromatic carbocycles. The summed E-state index contributed by atoms with van der Waals surface area (Å²) in [5, 5.41) is 12.4. The van der Waals surface area contributed by atoms with Gasteiger partial charge in [0.2, 0.25) is 5.91 Å². The number of para-hydroxylation sites is 1. The number of likely N-dealkylation sites (N-methyl/N-ethyl adjacent to an activating group) is 2. The number of hydrogen-bond donors (Lipinski definition) is 2. The third-order valence-corrected chi connectivity index (χ3v) is 2.89. The second kappa shape index (κ2) is 6.25. The molecule has 0 saturated heterocycles. The van der Waals surface area contributed by atoms with Gasteiger partial charge in [0.25, 0.3) is 0 Å². The molecule has 2 N–H and O–H groups in total. The quantitative estimate of drug-likeness (QED) is 0.815. The Bertz CT molecular complexity index is 379. The molecule has 0 spiro atoms. The van der Waals surface area contributed by atoms with E-state index in [9.17, 15) is 9.90 Å². The number of nitrogens with zero attached hydrogens (tertiary/aromatic N) is 1. The van der Waals surface area contributed by atoms with Crippen molar-refractivity contribution in [1.29, 1.82) is 0 Å². The molecular formula is C13H20N2O2. The first kappa shape index (κ1) is 13.5. The number of phenols is 1. The highest BCUT2D eigenvalue weighted by molar-refractivity contribution is 5.77. The molecule has 17 heavy (non-hydrogen) atoms. The number of nitrogens with one attached hydrogen (secondary N) is 1. The minimum atomic E-state index is -0.0265. The molecule has 0 aliphatic carbocycles. The van der Waals surface area contributed by atoms with Crippen LogP contribution in [0.3, 0.4) is 0 Å². The Morgan fingerprint density at radius 3 is 2.65 bits per heavy atom. The van der Waals surface area contributed by atoms with Crippen LogP contribution < -0.4 is 5.32 Å². The van der Waals surface area contributed by atoms with E-state index in [0.717, 1.165) is 12.0 Å². The molecule has 0 radical (unpaired) electrons. The summed E-state index contributed by atoms with van der Waals surface area (Å²) in [7, 11) is 3.51. The van der Waals surface area contributed by atoms with Gasteiger partial charge in [0, 0.05) is 18.7 Å². The van der Waals surface area contributed by atoms with Gasteiger partial charge in [-0.1, -0.05) is 25.1 Å². The van der Waals surface area contributed by atoms with Gasteiger partial charge in [-0.2, -0.15) is 0 Å². The first-order chi connectivity index (χ1) is 8.10. The summed E-state index contributed by atoms with van der Waals surface area (Å²) in [5.74, 6) is 0.254. The van der Waals surface area contributed by atoms with E-state index in [4.69, 9.17) is 0 Å². The number of hydrogen-bond acceptors (Lipinski definition) is 3. The zero-order valence-corrected chi connectivity index (χ0v) is 10.6. The largest absolute Gasteiger partial charge is 0.508 e. The molecule has 0 aliphatic rings. The molecule has 4 nitrogen and oxygen atoms in total. The second-order valence-corrected chi connectivity index (χ2v) is 4.07. The number of rotatable bonds is 5. The van der Waals surface area contributed by atoms with Crippen molar-refractivity contribution < 1.29 is 9.90 Å². The van der Waals surface area contributed by atoms with E-state index in [-0.39, 0.29) is 17.7 Å². The van der Waals surface area contributed by atoms with Gasteiger partial charge < -0.3 is 10.4 Å². The van der Waals surface area contributed by atoms with Crippen molar-refractivity contribution in [3.63, 3.8) is 0 Å². The highest BCUT2D eigenvalue weighted by Crippen LogP contribution is 2.29. The molecule has 1 atom stereocenters. The third kappa shape index (κ3) is 3.46. The first-order valence-corrected chi connectivity index (χ1v) is 5.78. The topological polar surface area (TPSA) is 52.6 Å². The highest BCUT2D eigenvalue weighted by atomic mass is 16.3. The number of carbonyl (C=O) groups is 1. The summed E-state index contributed by atoms with van der Waals surface area (Å²) in [6, 6.07) is 7.30. The van der Waals surface area contributed by atoms with Crippen molar-refractivity contribution in [2.45, 2.75) is 19.4 Å². The molecule has 0 saturated carbocycles. The molecule has 1 aromatic rings. The Labute approximate surface area is 102 Å². The lowest BCUT2D eigenvalue weighted by Crippen LogP contribution is -2.35. The van der Waals surface area contributed by atoms with Crippen LogP contribution in [-0.2, 0) is 4.79 Å². The smallest absolute Gasteiger partial charge is 0.233 e. The molecule has 0 fully saturated rings. The Hall–Kier alpha value is -1.55. The van der Waals surface area contributed by atoms with E-state index >= 15 is 0 Å². The molecule has 0 heterocycles. The van der Waals surface area contributed by atoms with Crippen LogP contribution in [-0.4, -0.2) is 36.6 Å². The number of aromatic hydroxyl groups is 1. The highest BCUT2D eigenvalue weighted by Gasteiger charge is 2.19. The van der Waals surface area contributed by atoms with Gasteiger partial charge in [0.1, 0.15) is 5.75 Å². The fraction of sp³-hybridized carbons (Fsp3) is 0.462. The van der Waals surface area contributed by atoms with Gasteiger partial charge in [0.05, 0.1) is 6.54 Å². The van der Waals surface area contributed by atoms with E-state index < -0.39 is 0 Å². The average molecular weight is 236 g/mol. The minimum Gasteiger partial charge on any atom is -0.508 e. The molecule has 1 amide bonds. The minimum absolute atomic E-state index is 0.0265. The monoisotopic (exact) mass is 236 g/mol. The Morgan fingerprint density at radius 1 is 1.47 bits per heavy atom.